The third-order valence-corrected chi connectivity index (χ3v) is 5.27. The minimum Gasteiger partial charge on any atom is -0.476 e. The predicted molar refractivity (Wildman–Crippen MR) is 104 cm³/mol. The lowest BCUT2D eigenvalue weighted by molar-refractivity contribution is -0.384. The minimum atomic E-state index is -0.376. The van der Waals surface area contributed by atoms with E-state index in [4.69, 9.17) is 4.74 Å². The number of benzene rings is 2. The number of hydrogen-bond donors (Lipinski definition) is 0. The Bertz CT molecular complexity index is 930. The van der Waals surface area contributed by atoms with Crippen LogP contribution in [0.25, 0.3) is 10.9 Å². The highest BCUT2D eigenvalue weighted by Crippen LogP contribution is 2.31. The second-order valence-corrected chi connectivity index (χ2v) is 7.22. The van der Waals surface area contributed by atoms with E-state index in [0.29, 0.717) is 30.3 Å². The van der Waals surface area contributed by atoms with Gasteiger partial charge in [-0.15, -0.1) is 5.10 Å². The van der Waals surface area contributed by atoms with Crippen LogP contribution in [-0.2, 0) is 6.54 Å². The molecule has 140 valence electrons. The van der Waals surface area contributed by atoms with Crippen molar-refractivity contribution in [2.24, 2.45) is 5.92 Å². The van der Waals surface area contributed by atoms with Gasteiger partial charge in [0.1, 0.15) is 0 Å². The van der Waals surface area contributed by atoms with Gasteiger partial charge >= 0.3 is 0 Å². The van der Waals surface area contributed by atoms with Crippen LogP contribution in [0.3, 0.4) is 0 Å². The maximum Gasteiger partial charge on any atom is 0.270 e. The summed E-state index contributed by atoms with van der Waals surface area (Å²) in [7, 11) is 0. The molecule has 0 atom stereocenters. The number of ether oxygens (including phenoxy) is 1. The van der Waals surface area contributed by atoms with Crippen molar-refractivity contribution in [1.82, 2.24) is 9.78 Å². The largest absolute Gasteiger partial charge is 0.476 e. The molecule has 1 aliphatic rings. The Morgan fingerprint density at radius 1 is 1.11 bits per heavy atom. The zero-order chi connectivity index (χ0) is 18.6. The first-order valence-corrected chi connectivity index (χ1v) is 9.52. The van der Waals surface area contributed by atoms with Gasteiger partial charge in [-0.05, 0) is 30.4 Å². The van der Waals surface area contributed by atoms with E-state index in [1.54, 1.807) is 12.1 Å². The van der Waals surface area contributed by atoms with Gasteiger partial charge in [0, 0.05) is 12.1 Å². The van der Waals surface area contributed by atoms with E-state index in [1.807, 2.05) is 35.0 Å². The maximum absolute atomic E-state index is 11.2. The van der Waals surface area contributed by atoms with Gasteiger partial charge in [0.2, 0.25) is 5.88 Å². The van der Waals surface area contributed by atoms with Gasteiger partial charge in [-0.3, -0.25) is 14.8 Å². The third kappa shape index (κ3) is 3.94. The van der Waals surface area contributed by atoms with E-state index in [0.717, 1.165) is 11.1 Å². The summed E-state index contributed by atoms with van der Waals surface area (Å²) in [6.07, 6.45) is 6.17. The molecule has 6 nitrogen and oxygen atoms in total. The van der Waals surface area contributed by atoms with Crippen LogP contribution in [0.2, 0.25) is 0 Å². The lowest BCUT2D eigenvalue weighted by atomic mass is 9.90. The first-order chi connectivity index (χ1) is 13.2. The van der Waals surface area contributed by atoms with E-state index in [-0.39, 0.29) is 10.6 Å². The van der Waals surface area contributed by atoms with Crippen molar-refractivity contribution < 1.29 is 9.66 Å². The molecular weight excluding hydrogens is 342 g/mol. The summed E-state index contributed by atoms with van der Waals surface area (Å²) in [5.41, 5.74) is 2.03. The molecule has 1 fully saturated rings. The summed E-state index contributed by atoms with van der Waals surface area (Å²) >= 11 is 0. The van der Waals surface area contributed by atoms with Gasteiger partial charge in [0.05, 0.1) is 29.0 Å². The molecule has 0 spiro atoms. The van der Waals surface area contributed by atoms with Crippen LogP contribution in [0.4, 0.5) is 5.69 Å². The fraction of sp³-hybridized carbons (Fsp3) is 0.381. The van der Waals surface area contributed by atoms with Crippen LogP contribution >= 0.6 is 0 Å². The van der Waals surface area contributed by atoms with Gasteiger partial charge in [-0.2, -0.15) is 0 Å². The SMILES string of the molecule is O=[N+]([O-])c1ccc2c(c1)c(OCC1CCCCC1)nn2Cc1ccccc1. The highest BCUT2D eigenvalue weighted by molar-refractivity contribution is 5.86. The molecule has 6 heteroatoms. The third-order valence-electron chi connectivity index (χ3n) is 5.27. The molecule has 0 radical (unpaired) electrons. The van der Waals surface area contributed by atoms with E-state index in [9.17, 15) is 10.1 Å². The molecule has 0 amide bonds. The van der Waals surface area contributed by atoms with Gasteiger partial charge in [0.25, 0.3) is 5.69 Å². The lowest BCUT2D eigenvalue weighted by Crippen LogP contribution is -2.15. The topological polar surface area (TPSA) is 70.2 Å². The molecule has 0 unspecified atom stereocenters. The van der Waals surface area contributed by atoms with Crippen molar-refractivity contribution in [2.45, 2.75) is 38.6 Å². The van der Waals surface area contributed by atoms with E-state index in [1.165, 1.54) is 38.2 Å². The molecule has 1 heterocycles. The molecule has 1 aliphatic carbocycles. The number of rotatable bonds is 6. The van der Waals surface area contributed by atoms with E-state index < -0.39 is 0 Å². The Morgan fingerprint density at radius 3 is 2.63 bits per heavy atom. The smallest absolute Gasteiger partial charge is 0.270 e. The predicted octanol–water partition coefficient (Wildman–Crippen LogP) is 4.95. The Labute approximate surface area is 157 Å². The number of aromatic nitrogens is 2. The van der Waals surface area contributed by atoms with Crippen molar-refractivity contribution >= 4 is 16.6 Å². The van der Waals surface area contributed by atoms with Crippen molar-refractivity contribution in [3.05, 3.63) is 64.2 Å². The molecule has 0 saturated heterocycles. The van der Waals surface area contributed by atoms with Gasteiger partial charge < -0.3 is 4.74 Å². The van der Waals surface area contributed by atoms with Crippen LogP contribution < -0.4 is 4.74 Å². The summed E-state index contributed by atoms with van der Waals surface area (Å²) in [6, 6.07) is 14.9. The van der Waals surface area contributed by atoms with Crippen molar-refractivity contribution in [1.29, 1.82) is 0 Å². The van der Waals surface area contributed by atoms with Crippen LogP contribution in [-0.4, -0.2) is 21.3 Å². The molecular formula is C21H23N3O3. The highest BCUT2D eigenvalue weighted by Gasteiger charge is 2.19. The molecule has 1 aromatic heterocycles. The second kappa shape index (κ2) is 7.78. The van der Waals surface area contributed by atoms with Gasteiger partial charge in [0.15, 0.2) is 0 Å². The monoisotopic (exact) mass is 365 g/mol. The quantitative estimate of drug-likeness (QED) is 0.458. The summed E-state index contributed by atoms with van der Waals surface area (Å²) in [5, 5.41) is 16.5. The number of fused-ring (bicyclic) bond motifs is 1. The maximum atomic E-state index is 11.2. The highest BCUT2D eigenvalue weighted by atomic mass is 16.6. The Kier molecular flexibility index (Phi) is 5.05. The first kappa shape index (κ1) is 17.5. The number of nitro benzene ring substituents is 1. The molecule has 4 rings (SSSR count). The fourth-order valence-corrected chi connectivity index (χ4v) is 3.79. The molecule has 1 saturated carbocycles. The van der Waals surface area contributed by atoms with Crippen LogP contribution in [0.5, 0.6) is 5.88 Å². The van der Waals surface area contributed by atoms with Crippen molar-refractivity contribution in [2.75, 3.05) is 6.61 Å². The second-order valence-electron chi connectivity index (χ2n) is 7.22. The first-order valence-electron chi connectivity index (χ1n) is 9.52. The van der Waals surface area contributed by atoms with E-state index >= 15 is 0 Å². The summed E-state index contributed by atoms with van der Waals surface area (Å²) < 4.78 is 7.92. The zero-order valence-electron chi connectivity index (χ0n) is 15.2. The fourth-order valence-electron chi connectivity index (χ4n) is 3.79. The average molecular weight is 365 g/mol. The van der Waals surface area contributed by atoms with Gasteiger partial charge in [-0.25, -0.2) is 0 Å². The van der Waals surface area contributed by atoms with Crippen LogP contribution in [0, 0.1) is 16.0 Å². The molecule has 3 aromatic rings. The Hall–Kier alpha value is -2.89. The minimum absolute atomic E-state index is 0.0595. The Balaban J connectivity index is 1.65. The molecule has 0 bridgehead atoms. The Morgan fingerprint density at radius 2 is 1.89 bits per heavy atom. The standard InChI is InChI=1S/C21H23N3O3/c25-24(26)18-11-12-20-19(13-18)21(27-15-17-9-5-2-6-10-17)22-23(20)14-16-7-3-1-4-8-16/h1,3-4,7-8,11-13,17H,2,5-6,9-10,14-15H2. The summed E-state index contributed by atoms with van der Waals surface area (Å²) in [4.78, 5) is 10.8. The normalized spacial score (nSPS) is 15.1. The van der Waals surface area contributed by atoms with Gasteiger partial charge in [-0.1, -0.05) is 49.6 Å². The van der Waals surface area contributed by atoms with Crippen molar-refractivity contribution in [3.8, 4) is 5.88 Å². The molecule has 27 heavy (non-hydrogen) atoms. The summed E-state index contributed by atoms with van der Waals surface area (Å²) in [6.45, 7) is 1.22. The molecule has 0 aliphatic heterocycles. The number of nitrogens with zero attached hydrogens (tertiary/aromatic N) is 3. The number of nitro groups is 1. The number of hydrogen-bond acceptors (Lipinski definition) is 4. The van der Waals surface area contributed by atoms with Crippen molar-refractivity contribution in [3.63, 3.8) is 0 Å². The van der Waals surface area contributed by atoms with Crippen LogP contribution in [0.15, 0.2) is 48.5 Å². The lowest BCUT2D eigenvalue weighted by Gasteiger charge is -2.20. The summed E-state index contributed by atoms with van der Waals surface area (Å²) in [5.74, 6) is 1.04. The molecule has 0 N–H and O–H groups in total. The zero-order valence-corrected chi connectivity index (χ0v) is 15.2. The average Bonchev–Trinajstić information content (AvgIpc) is 3.05. The van der Waals surface area contributed by atoms with E-state index in [2.05, 4.69) is 5.10 Å². The molecule has 2 aromatic carbocycles. The number of non-ortho nitro benzene ring substituents is 1. The van der Waals surface area contributed by atoms with Crippen LogP contribution in [0.1, 0.15) is 37.7 Å².